The van der Waals surface area contributed by atoms with Crippen LogP contribution in [0.1, 0.15) is 16.8 Å². The first-order valence-corrected chi connectivity index (χ1v) is 8.76. The number of rotatable bonds is 6. The van der Waals surface area contributed by atoms with Crippen molar-refractivity contribution in [1.29, 1.82) is 0 Å². The number of hydrogen-bond donors (Lipinski definition) is 1. The summed E-state index contributed by atoms with van der Waals surface area (Å²) >= 11 is 0. The van der Waals surface area contributed by atoms with Crippen molar-refractivity contribution in [3.8, 4) is 11.6 Å². The number of amides is 1. The van der Waals surface area contributed by atoms with Crippen LogP contribution < -0.4 is 10.1 Å². The van der Waals surface area contributed by atoms with Crippen LogP contribution in [0.5, 0.6) is 5.75 Å². The summed E-state index contributed by atoms with van der Waals surface area (Å²) < 4.78 is 68.7. The van der Waals surface area contributed by atoms with Crippen LogP contribution in [0.2, 0.25) is 0 Å². The molecule has 0 fully saturated rings. The van der Waals surface area contributed by atoms with Gasteiger partial charge in [-0.15, -0.1) is 0 Å². The molecule has 0 aliphatic rings. The van der Waals surface area contributed by atoms with Crippen molar-refractivity contribution in [2.24, 2.45) is 0 Å². The zero-order valence-electron chi connectivity index (χ0n) is 15.9. The topological polar surface area (TPSA) is 69.0 Å². The van der Waals surface area contributed by atoms with Crippen molar-refractivity contribution in [3.63, 3.8) is 0 Å². The summed E-state index contributed by atoms with van der Waals surface area (Å²) in [6.07, 6.45) is -1.48. The molecule has 1 N–H and O–H groups in total. The van der Waals surface area contributed by atoms with Gasteiger partial charge >= 0.3 is 12.8 Å². The Kier molecular flexibility index (Phi) is 6.33. The number of anilines is 1. The Balaban J connectivity index is 1.78. The van der Waals surface area contributed by atoms with Crippen molar-refractivity contribution >= 4 is 17.8 Å². The number of halogens is 5. The summed E-state index contributed by atoms with van der Waals surface area (Å²) in [7, 11) is 0. The molecular formula is C20H15F5N4O2. The minimum absolute atomic E-state index is 0.0658. The molecule has 162 valence electrons. The number of para-hydroxylation sites is 1. The van der Waals surface area contributed by atoms with Crippen LogP contribution in [-0.2, 0) is 11.0 Å². The molecular weight excluding hydrogens is 423 g/mol. The number of nitrogens with one attached hydrogen (secondary N) is 1. The lowest BCUT2D eigenvalue weighted by Gasteiger charge is -2.09. The van der Waals surface area contributed by atoms with Gasteiger partial charge in [-0.3, -0.25) is 4.79 Å². The van der Waals surface area contributed by atoms with Crippen molar-refractivity contribution in [2.75, 3.05) is 5.32 Å². The Morgan fingerprint density at radius 1 is 1.19 bits per heavy atom. The molecule has 3 aromatic rings. The molecule has 1 aromatic carbocycles. The maximum absolute atomic E-state index is 12.7. The molecule has 0 bridgehead atoms. The maximum Gasteiger partial charge on any atom is 0.417 e. The molecule has 2 heterocycles. The van der Waals surface area contributed by atoms with Crippen LogP contribution in [0.4, 0.5) is 27.8 Å². The van der Waals surface area contributed by atoms with Crippen LogP contribution in [0.3, 0.4) is 0 Å². The zero-order valence-corrected chi connectivity index (χ0v) is 15.9. The standard InChI is InChI=1S/C20H15F5N4O2/c1-12-10-17(29(28-12)16-8-7-14(11-26-16)20(23,24)25)27-18(30)9-6-13-4-2-3-5-15(13)31-19(21)22/h2-11,19H,1H3,(H,27,30)/b9-6+. The molecule has 0 spiro atoms. The Morgan fingerprint density at radius 3 is 2.58 bits per heavy atom. The number of aryl methyl sites for hydroxylation is 1. The predicted molar refractivity (Wildman–Crippen MR) is 102 cm³/mol. The van der Waals surface area contributed by atoms with E-state index in [2.05, 4.69) is 20.1 Å². The molecule has 0 radical (unpaired) electrons. The van der Waals surface area contributed by atoms with Gasteiger partial charge in [-0.1, -0.05) is 18.2 Å². The van der Waals surface area contributed by atoms with Gasteiger partial charge in [0.1, 0.15) is 11.6 Å². The number of benzene rings is 1. The van der Waals surface area contributed by atoms with Crippen LogP contribution in [-0.4, -0.2) is 27.3 Å². The predicted octanol–water partition coefficient (Wildman–Crippen LogP) is 4.85. The highest BCUT2D eigenvalue weighted by molar-refractivity contribution is 6.01. The number of alkyl halides is 5. The Morgan fingerprint density at radius 2 is 1.94 bits per heavy atom. The molecule has 2 aromatic heterocycles. The van der Waals surface area contributed by atoms with Crippen LogP contribution in [0.25, 0.3) is 11.9 Å². The van der Waals surface area contributed by atoms with Gasteiger partial charge in [-0.05, 0) is 31.2 Å². The highest BCUT2D eigenvalue weighted by Gasteiger charge is 2.30. The second-order valence-corrected chi connectivity index (χ2v) is 6.22. The van der Waals surface area contributed by atoms with E-state index in [1.807, 2.05) is 0 Å². The Hall–Kier alpha value is -3.76. The molecule has 0 aliphatic carbocycles. The first-order chi connectivity index (χ1) is 14.6. The van der Waals surface area contributed by atoms with Gasteiger partial charge < -0.3 is 10.1 Å². The third-order valence-corrected chi connectivity index (χ3v) is 3.92. The highest BCUT2D eigenvalue weighted by Crippen LogP contribution is 2.29. The third kappa shape index (κ3) is 5.65. The second kappa shape index (κ2) is 8.94. The molecule has 0 saturated heterocycles. The molecule has 1 amide bonds. The number of nitrogens with zero attached hydrogens (tertiary/aromatic N) is 3. The zero-order chi connectivity index (χ0) is 22.6. The number of aromatic nitrogens is 3. The molecule has 0 atom stereocenters. The van der Waals surface area contributed by atoms with Crippen molar-refractivity contribution in [2.45, 2.75) is 19.7 Å². The van der Waals surface area contributed by atoms with E-state index in [1.165, 1.54) is 35.0 Å². The third-order valence-electron chi connectivity index (χ3n) is 3.92. The van der Waals surface area contributed by atoms with Gasteiger partial charge in [0.25, 0.3) is 0 Å². The second-order valence-electron chi connectivity index (χ2n) is 6.22. The summed E-state index contributed by atoms with van der Waals surface area (Å²) in [4.78, 5) is 16.1. The minimum Gasteiger partial charge on any atom is -0.434 e. The first kappa shape index (κ1) is 21.9. The lowest BCUT2D eigenvalue weighted by Crippen LogP contribution is -2.13. The Bertz CT molecular complexity index is 1090. The lowest BCUT2D eigenvalue weighted by atomic mass is 10.2. The summed E-state index contributed by atoms with van der Waals surface area (Å²) in [6.45, 7) is -1.39. The summed E-state index contributed by atoms with van der Waals surface area (Å²) in [5.41, 5.74) is -0.179. The van der Waals surface area contributed by atoms with E-state index in [0.717, 1.165) is 18.2 Å². The minimum atomic E-state index is -4.53. The molecule has 11 heteroatoms. The number of carbonyl (C=O) groups excluding carboxylic acids is 1. The fraction of sp³-hybridized carbons (Fsp3) is 0.150. The average Bonchev–Trinajstić information content (AvgIpc) is 3.06. The van der Waals surface area contributed by atoms with Gasteiger partial charge in [0.15, 0.2) is 5.82 Å². The van der Waals surface area contributed by atoms with Crippen molar-refractivity contribution in [3.05, 3.63) is 71.6 Å². The molecule has 6 nitrogen and oxygen atoms in total. The SMILES string of the molecule is Cc1cc(NC(=O)/C=C/c2ccccc2OC(F)F)n(-c2ccc(C(F)(F)F)cn2)n1. The average molecular weight is 438 g/mol. The number of pyridine rings is 1. The van der Waals surface area contributed by atoms with E-state index < -0.39 is 24.3 Å². The van der Waals surface area contributed by atoms with Crippen molar-refractivity contribution in [1.82, 2.24) is 14.8 Å². The van der Waals surface area contributed by atoms with Crippen LogP contribution in [0.15, 0.2) is 54.7 Å². The van der Waals surface area contributed by atoms with E-state index >= 15 is 0 Å². The van der Waals surface area contributed by atoms with Crippen LogP contribution in [0, 0.1) is 6.92 Å². The molecule has 3 rings (SSSR count). The molecule has 0 unspecified atom stereocenters. The Labute approximate surface area is 173 Å². The number of hydrogen-bond acceptors (Lipinski definition) is 4. The van der Waals surface area contributed by atoms with E-state index in [1.54, 1.807) is 13.0 Å². The molecule has 0 saturated carbocycles. The van der Waals surface area contributed by atoms with E-state index in [0.29, 0.717) is 11.9 Å². The van der Waals surface area contributed by atoms with E-state index in [9.17, 15) is 26.7 Å². The van der Waals surface area contributed by atoms with Gasteiger partial charge in [0, 0.05) is 23.9 Å². The summed E-state index contributed by atoms with van der Waals surface area (Å²) in [5.74, 6) is -0.496. The van der Waals surface area contributed by atoms with E-state index in [4.69, 9.17) is 0 Å². The smallest absolute Gasteiger partial charge is 0.417 e. The number of carbonyl (C=O) groups is 1. The van der Waals surface area contributed by atoms with Gasteiger partial charge in [0.05, 0.1) is 11.3 Å². The van der Waals surface area contributed by atoms with Crippen LogP contribution >= 0.6 is 0 Å². The monoisotopic (exact) mass is 438 g/mol. The van der Waals surface area contributed by atoms with E-state index in [-0.39, 0.29) is 22.9 Å². The molecule has 31 heavy (non-hydrogen) atoms. The van der Waals surface area contributed by atoms with Gasteiger partial charge in [0.2, 0.25) is 5.91 Å². The fourth-order valence-electron chi connectivity index (χ4n) is 2.60. The fourth-order valence-corrected chi connectivity index (χ4v) is 2.60. The molecule has 0 aliphatic heterocycles. The van der Waals surface area contributed by atoms with Gasteiger partial charge in [-0.2, -0.15) is 31.7 Å². The summed E-state index contributed by atoms with van der Waals surface area (Å²) in [5, 5.41) is 6.65. The summed E-state index contributed by atoms with van der Waals surface area (Å²) in [6, 6.07) is 9.39. The van der Waals surface area contributed by atoms with Crippen molar-refractivity contribution < 1.29 is 31.5 Å². The normalized spacial score (nSPS) is 11.8. The first-order valence-electron chi connectivity index (χ1n) is 8.76. The largest absolute Gasteiger partial charge is 0.434 e. The lowest BCUT2D eigenvalue weighted by molar-refractivity contribution is -0.137. The van der Waals surface area contributed by atoms with Gasteiger partial charge in [-0.25, -0.2) is 4.98 Å². The maximum atomic E-state index is 12.7. The highest BCUT2D eigenvalue weighted by atomic mass is 19.4. The number of ether oxygens (including phenoxy) is 1. The quantitative estimate of drug-likeness (QED) is 0.442.